The summed E-state index contributed by atoms with van der Waals surface area (Å²) in [5.74, 6) is 3.11. The smallest absolute Gasteiger partial charge is 0.337 e. The topological polar surface area (TPSA) is 96.0 Å². The van der Waals surface area contributed by atoms with Crippen LogP contribution < -0.4 is 10.6 Å². The molecule has 3 aromatic rings. The normalized spacial score (nSPS) is 18.9. The summed E-state index contributed by atoms with van der Waals surface area (Å²) in [5.41, 5.74) is 2.40. The van der Waals surface area contributed by atoms with E-state index in [2.05, 4.69) is 12.1 Å². The van der Waals surface area contributed by atoms with Crippen LogP contribution in [-0.4, -0.2) is 34.8 Å². The SMILES string of the molecule is COc1ccc(C(C)(F)F)cc1C[C@@H]1CCCN(N)[C@@H]1c1ccccc1.O=C(O)C(O)c1ccccc1. The Morgan fingerprint density at radius 1 is 1.11 bits per heavy atom. The highest BCUT2D eigenvalue weighted by molar-refractivity contribution is 5.73. The van der Waals surface area contributed by atoms with Crippen molar-refractivity contribution < 1.29 is 28.5 Å². The van der Waals surface area contributed by atoms with E-state index in [1.54, 1.807) is 49.6 Å². The van der Waals surface area contributed by atoms with Gasteiger partial charge in [-0.05, 0) is 60.1 Å². The minimum atomic E-state index is -2.87. The Bertz CT molecular complexity index is 1140. The van der Waals surface area contributed by atoms with E-state index in [0.29, 0.717) is 17.7 Å². The summed E-state index contributed by atoms with van der Waals surface area (Å²) in [7, 11) is 1.58. The van der Waals surface area contributed by atoms with Gasteiger partial charge in [-0.1, -0.05) is 60.7 Å². The third kappa shape index (κ3) is 7.58. The summed E-state index contributed by atoms with van der Waals surface area (Å²) in [4.78, 5) is 10.2. The Morgan fingerprint density at radius 3 is 2.30 bits per heavy atom. The molecule has 1 fully saturated rings. The van der Waals surface area contributed by atoms with Gasteiger partial charge in [0.2, 0.25) is 0 Å². The van der Waals surface area contributed by atoms with Crippen molar-refractivity contribution in [1.29, 1.82) is 0 Å². The van der Waals surface area contributed by atoms with E-state index in [1.807, 2.05) is 23.2 Å². The number of hydrogen-bond donors (Lipinski definition) is 3. The molecular formula is C29H34F2N2O4. The van der Waals surface area contributed by atoms with Gasteiger partial charge in [0.25, 0.3) is 5.92 Å². The van der Waals surface area contributed by atoms with Crippen LogP contribution in [0.2, 0.25) is 0 Å². The Balaban J connectivity index is 0.000000289. The molecule has 3 aromatic carbocycles. The Morgan fingerprint density at radius 2 is 1.73 bits per heavy atom. The van der Waals surface area contributed by atoms with Crippen molar-refractivity contribution in [3.05, 3.63) is 101 Å². The van der Waals surface area contributed by atoms with Crippen molar-refractivity contribution in [1.82, 2.24) is 5.01 Å². The predicted octanol–water partition coefficient (Wildman–Crippen LogP) is 5.48. The van der Waals surface area contributed by atoms with Gasteiger partial charge in [-0.15, -0.1) is 0 Å². The van der Waals surface area contributed by atoms with Crippen molar-refractivity contribution in [2.75, 3.05) is 13.7 Å². The first-order valence-corrected chi connectivity index (χ1v) is 12.2. The summed E-state index contributed by atoms with van der Waals surface area (Å²) < 4.78 is 33.0. The van der Waals surface area contributed by atoms with E-state index in [1.165, 1.54) is 6.07 Å². The third-order valence-electron chi connectivity index (χ3n) is 6.55. The second kappa shape index (κ2) is 12.8. The van der Waals surface area contributed by atoms with Crippen LogP contribution in [-0.2, 0) is 17.1 Å². The maximum Gasteiger partial charge on any atom is 0.337 e. The number of benzene rings is 3. The minimum Gasteiger partial charge on any atom is -0.496 e. The number of aliphatic hydroxyl groups excluding tert-OH is 1. The van der Waals surface area contributed by atoms with E-state index >= 15 is 0 Å². The number of nitrogens with two attached hydrogens (primary N) is 1. The average molecular weight is 513 g/mol. The molecule has 37 heavy (non-hydrogen) atoms. The van der Waals surface area contributed by atoms with Gasteiger partial charge in [0.05, 0.1) is 13.2 Å². The molecule has 1 aliphatic rings. The Kier molecular flexibility index (Phi) is 9.74. The molecular weight excluding hydrogens is 478 g/mol. The van der Waals surface area contributed by atoms with Gasteiger partial charge in [0, 0.05) is 19.0 Å². The molecule has 198 valence electrons. The van der Waals surface area contributed by atoms with E-state index in [0.717, 1.165) is 37.4 Å². The van der Waals surface area contributed by atoms with Crippen molar-refractivity contribution in [3.8, 4) is 5.75 Å². The van der Waals surface area contributed by atoms with Crippen LogP contribution >= 0.6 is 0 Å². The van der Waals surface area contributed by atoms with Crippen LogP contribution in [0.1, 0.15) is 54.2 Å². The monoisotopic (exact) mass is 512 g/mol. The van der Waals surface area contributed by atoms with E-state index in [-0.39, 0.29) is 17.5 Å². The molecule has 1 unspecified atom stereocenters. The lowest BCUT2D eigenvalue weighted by atomic mass is 9.81. The number of aliphatic carboxylic acids is 1. The van der Waals surface area contributed by atoms with Crippen LogP contribution in [0.5, 0.6) is 5.75 Å². The first-order valence-electron chi connectivity index (χ1n) is 12.2. The number of carbonyl (C=O) groups is 1. The molecule has 0 aromatic heterocycles. The molecule has 0 saturated carbocycles. The summed E-state index contributed by atoms with van der Waals surface area (Å²) >= 11 is 0. The first-order chi connectivity index (χ1) is 17.6. The fourth-order valence-electron chi connectivity index (χ4n) is 4.70. The number of hydrazine groups is 1. The molecule has 8 heteroatoms. The van der Waals surface area contributed by atoms with Gasteiger partial charge in [0.1, 0.15) is 5.75 Å². The van der Waals surface area contributed by atoms with E-state index < -0.39 is 18.0 Å². The first kappa shape index (κ1) is 28.2. The molecule has 0 aliphatic carbocycles. The van der Waals surface area contributed by atoms with E-state index in [4.69, 9.17) is 20.8 Å². The average Bonchev–Trinajstić information content (AvgIpc) is 2.89. The standard InChI is InChI=1S/C21H26F2N2O.C8H8O3/c1-21(22,23)18-10-11-19(26-2)17(14-18)13-16-9-6-12-25(24)20(16)15-7-4-3-5-8-15;9-7(8(10)11)6-4-2-1-3-5-6/h3-5,7-8,10-11,14,16,20H,6,9,12-13,24H2,1-2H3;1-5,7,9H,(H,10,11)/t16-,20+;/m0./s1. The van der Waals surface area contributed by atoms with Gasteiger partial charge >= 0.3 is 5.97 Å². The summed E-state index contributed by atoms with van der Waals surface area (Å²) in [5, 5.41) is 19.3. The molecule has 0 radical (unpaired) electrons. The van der Waals surface area contributed by atoms with Gasteiger partial charge in [0.15, 0.2) is 6.10 Å². The van der Waals surface area contributed by atoms with Crippen molar-refractivity contribution >= 4 is 5.97 Å². The molecule has 0 spiro atoms. The largest absolute Gasteiger partial charge is 0.496 e. The van der Waals surface area contributed by atoms with Crippen molar-refractivity contribution in [2.45, 2.75) is 44.3 Å². The van der Waals surface area contributed by atoms with Gasteiger partial charge in [-0.25, -0.2) is 18.6 Å². The van der Waals surface area contributed by atoms with Crippen LogP contribution in [0.4, 0.5) is 8.78 Å². The fraction of sp³-hybridized carbons (Fsp3) is 0.345. The molecule has 0 bridgehead atoms. The van der Waals surface area contributed by atoms with Gasteiger partial charge in [-0.2, -0.15) is 0 Å². The number of nitrogens with zero attached hydrogens (tertiary/aromatic N) is 1. The third-order valence-corrected chi connectivity index (χ3v) is 6.55. The number of hydrogen-bond acceptors (Lipinski definition) is 5. The molecule has 4 rings (SSSR count). The zero-order valence-electron chi connectivity index (χ0n) is 21.1. The maximum atomic E-state index is 13.8. The quantitative estimate of drug-likeness (QED) is 0.363. The number of ether oxygens (including phenoxy) is 1. The number of carboxylic acids is 1. The highest BCUT2D eigenvalue weighted by Gasteiger charge is 2.32. The number of carboxylic acid groups (broad SMARTS) is 1. The molecule has 0 amide bonds. The molecule has 1 heterocycles. The lowest BCUT2D eigenvalue weighted by molar-refractivity contribution is -0.146. The summed E-state index contributed by atoms with van der Waals surface area (Å²) in [6.07, 6.45) is 1.25. The summed E-state index contributed by atoms with van der Waals surface area (Å²) in [6.45, 7) is 1.76. The second-order valence-corrected chi connectivity index (χ2v) is 9.27. The lowest BCUT2D eigenvalue weighted by Gasteiger charge is -2.39. The molecule has 6 nitrogen and oxygen atoms in total. The second-order valence-electron chi connectivity index (χ2n) is 9.27. The van der Waals surface area contributed by atoms with Crippen LogP contribution in [0.25, 0.3) is 0 Å². The zero-order chi connectivity index (χ0) is 27.0. The van der Waals surface area contributed by atoms with Crippen LogP contribution in [0, 0.1) is 5.92 Å². The minimum absolute atomic E-state index is 0.0185. The number of halogens is 2. The highest BCUT2D eigenvalue weighted by Crippen LogP contribution is 2.39. The number of piperidine rings is 1. The number of alkyl halides is 2. The maximum absolute atomic E-state index is 13.8. The van der Waals surface area contributed by atoms with Gasteiger partial charge in [-0.3, -0.25) is 5.84 Å². The highest BCUT2D eigenvalue weighted by atomic mass is 19.3. The Labute approximate surface area is 216 Å². The van der Waals surface area contributed by atoms with Crippen molar-refractivity contribution in [3.63, 3.8) is 0 Å². The molecule has 1 aliphatic heterocycles. The van der Waals surface area contributed by atoms with Crippen LogP contribution in [0.15, 0.2) is 78.9 Å². The number of rotatable bonds is 7. The molecule has 4 N–H and O–H groups in total. The number of methoxy groups -OCH3 is 1. The van der Waals surface area contributed by atoms with Crippen LogP contribution in [0.3, 0.4) is 0 Å². The Hall–Kier alpha value is -3.33. The van der Waals surface area contributed by atoms with Gasteiger partial charge < -0.3 is 14.9 Å². The summed E-state index contributed by atoms with van der Waals surface area (Å²) in [6, 6.07) is 23.2. The zero-order valence-corrected chi connectivity index (χ0v) is 21.1. The fourth-order valence-corrected chi connectivity index (χ4v) is 4.70. The number of aliphatic hydroxyl groups is 1. The molecule has 1 saturated heterocycles. The molecule has 3 atom stereocenters. The van der Waals surface area contributed by atoms with Crippen molar-refractivity contribution in [2.24, 2.45) is 11.8 Å². The lowest BCUT2D eigenvalue weighted by Crippen LogP contribution is -2.44. The van der Waals surface area contributed by atoms with E-state index in [9.17, 15) is 13.6 Å². The predicted molar refractivity (Wildman–Crippen MR) is 138 cm³/mol.